The average molecular weight is 351 g/mol. The molecule has 2 heterocycles. The summed E-state index contributed by atoms with van der Waals surface area (Å²) < 4.78 is 16.4. The van der Waals surface area contributed by atoms with Gasteiger partial charge in [0, 0.05) is 20.0 Å². The zero-order chi connectivity index (χ0) is 18.4. The molecule has 3 rings (SSSR count). The topological polar surface area (TPSA) is 73.2 Å². The van der Waals surface area contributed by atoms with E-state index < -0.39 is 22.8 Å². The van der Waals surface area contributed by atoms with E-state index in [0.29, 0.717) is 5.56 Å². The quantitative estimate of drug-likeness (QED) is 0.471. The molecule has 2 saturated heterocycles. The minimum Gasteiger partial charge on any atom is -0.315 e. The van der Waals surface area contributed by atoms with E-state index in [1.54, 1.807) is 51.4 Å². The van der Waals surface area contributed by atoms with Gasteiger partial charge in [-0.2, -0.15) is 0 Å². The Kier molecular flexibility index (Phi) is 4.28. The van der Waals surface area contributed by atoms with Gasteiger partial charge in [0.1, 0.15) is 0 Å². The Morgan fingerprint density at radius 3 is 2.28 bits per heavy atom. The number of nitrogens with zero attached hydrogens (tertiary/aromatic N) is 5. The van der Waals surface area contributed by atoms with E-state index in [1.807, 2.05) is 0 Å². The molecule has 2 fully saturated rings. The van der Waals surface area contributed by atoms with Gasteiger partial charge in [0.05, 0.1) is 19.9 Å². The molecule has 0 saturated carbocycles. The Morgan fingerprint density at radius 2 is 1.76 bits per heavy atom. The second-order valence-corrected chi connectivity index (χ2v) is 6.80. The van der Waals surface area contributed by atoms with E-state index in [1.165, 1.54) is 14.7 Å². The van der Waals surface area contributed by atoms with Crippen molar-refractivity contribution in [2.24, 2.45) is 5.92 Å². The van der Waals surface area contributed by atoms with Crippen LogP contribution in [-0.4, -0.2) is 70.5 Å². The molecule has 0 aliphatic carbocycles. The molecule has 9 heteroatoms. The highest BCUT2D eigenvalue weighted by Gasteiger charge is 2.62. The van der Waals surface area contributed by atoms with Crippen LogP contribution in [0, 0.1) is 16.0 Å². The van der Waals surface area contributed by atoms with Crippen LogP contribution in [0.15, 0.2) is 30.3 Å². The van der Waals surface area contributed by atoms with Crippen LogP contribution in [0.2, 0.25) is 0 Å². The van der Waals surface area contributed by atoms with Crippen LogP contribution in [0.4, 0.5) is 9.18 Å². The van der Waals surface area contributed by atoms with Gasteiger partial charge in [-0.25, -0.2) is 24.2 Å². The van der Waals surface area contributed by atoms with E-state index in [9.17, 15) is 14.9 Å². The molecule has 0 bridgehead atoms. The molecular weight excluding hydrogens is 329 g/mol. The Balaban J connectivity index is 2.04. The number of benzene rings is 1. The number of nitro groups is 1. The van der Waals surface area contributed by atoms with Crippen LogP contribution in [0.3, 0.4) is 0 Å². The first kappa shape index (κ1) is 17.4. The lowest BCUT2D eigenvalue weighted by molar-refractivity contribution is -0.663. The summed E-state index contributed by atoms with van der Waals surface area (Å²) in [6, 6.07) is 7.44. The molecule has 1 aromatic carbocycles. The summed E-state index contributed by atoms with van der Waals surface area (Å²) in [6.45, 7) is 1.84. The highest BCUT2D eigenvalue weighted by atomic mass is 19.1. The fourth-order valence-corrected chi connectivity index (χ4v) is 3.87. The maximum absolute atomic E-state index is 16.4. The third kappa shape index (κ3) is 2.68. The molecule has 1 aromatic rings. The van der Waals surface area contributed by atoms with Crippen LogP contribution < -0.4 is 0 Å². The van der Waals surface area contributed by atoms with Gasteiger partial charge in [0.15, 0.2) is 11.1 Å². The van der Waals surface area contributed by atoms with Crippen molar-refractivity contribution in [2.75, 3.05) is 34.0 Å². The number of carbonyl (C=O) groups is 1. The maximum Gasteiger partial charge on any atom is 0.321 e. The Bertz CT molecular complexity index is 661. The fraction of sp³-hybridized carbons (Fsp3) is 0.562. The van der Waals surface area contributed by atoms with Gasteiger partial charge in [-0.05, 0) is 5.56 Å². The number of urea groups is 1. The molecule has 8 nitrogen and oxygen atoms in total. The van der Waals surface area contributed by atoms with E-state index in [-0.39, 0.29) is 25.9 Å². The van der Waals surface area contributed by atoms with Crippen molar-refractivity contribution in [1.82, 2.24) is 19.7 Å². The molecule has 2 aliphatic heterocycles. The van der Waals surface area contributed by atoms with Crippen molar-refractivity contribution in [1.29, 1.82) is 0 Å². The number of amides is 2. The van der Waals surface area contributed by atoms with Gasteiger partial charge in [-0.1, -0.05) is 37.3 Å². The van der Waals surface area contributed by atoms with Crippen molar-refractivity contribution in [3.63, 3.8) is 0 Å². The SMILES string of the molecule is C[C@H]1CN([N+](=O)[O-])[C@@H](c2ccccc2)C1(F)N1CN(C)C(=O)N(C)C1. The number of hydrogen-bond donors (Lipinski definition) is 0. The van der Waals surface area contributed by atoms with E-state index in [2.05, 4.69) is 0 Å². The molecule has 0 aromatic heterocycles. The highest BCUT2D eigenvalue weighted by molar-refractivity contribution is 5.74. The normalized spacial score (nSPS) is 30.9. The molecular formula is C16H22FN5O3. The Morgan fingerprint density at radius 1 is 1.20 bits per heavy atom. The molecule has 136 valence electrons. The zero-order valence-electron chi connectivity index (χ0n) is 14.5. The van der Waals surface area contributed by atoms with E-state index in [0.717, 1.165) is 5.01 Å². The van der Waals surface area contributed by atoms with Crippen molar-refractivity contribution < 1.29 is 14.2 Å². The predicted octanol–water partition coefficient (Wildman–Crippen LogP) is 1.75. The third-order valence-electron chi connectivity index (χ3n) is 5.06. The number of carbonyl (C=O) groups excluding carboxylic acids is 1. The lowest BCUT2D eigenvalue weighted by Gasteiger charge is -2.47. The monoisotopic (exact) mass is 351 g/mol. The van der Waals surface area contributed by atoms with Gasteiger partial charge in [-0.3, -0.25) is 0 Å². The Labute approximate surface area is 145 Å². The molecule has 0 radical (unpaired) electrons. The van der Waals surface area contributed by atoms with Crippen molar-refractivity contribution in [3.05, 3.63) is 46.0 Å². The van der Waals surface area contributed by atoms with Crippen LogP contribution in [-0.2, 0) is 0 Å². The number of rotatable bonds is 3. The zero-order valence-corrected chi connectivity index (χ0v) is 14.5. The molecule has 2 aliphatic rings. The number of alkyl halides is 1. The molecule has 3 atom stereocenters. The molecule has 1 unspecified atom stereocenters. The third-order valence-corrected chi connectivity index (χ3v) is 5.06. The number of hydrogen-bond acceptors (Lipinski definition) is 4. The summed E-state index contributed by atoms with van der Waals surface area (Å²) in [7, 11) is 3.19. The first-order chi connectivity index (χ1) is 11.8. The minimum absolute atomic E-state index is 0.000929. The van der Waals surface area contributed by atoms with Crippen LogP contribution in [0.1, 0.15) is 18.5 Å². The highest BCUT2D eigenvalue weighted by Crippen LogP contribution is 2.49. The fourth-order valence-electron chi connectivity index (χ4n) is 3.87. The van der Waals surface area contributed by atoms with Gasteiger partial charge >= 0.3 is 6.03 Å². The van der Waals surface area contributed by atoms with Gasteiger partial charge in [0.25, 0.3) is 0 Å². The number of hydrazine groups is 1. The van der Waals surface area contributed by atoms with Crippen LogP contribution in [0.25, 0.3) is 0 Å². The lowest BCUT2D eigenvalue weighted by Crippen LogP contribution is -2.64. The van der Waals surface area contributed by atoms with Crippen LogP contribution in [0.5, 0.6) is 0 Å². The summed E-state index contributed by atoms with van der Waals surface area (Å²) in [4.78, 5) is 27.9. The smallest absolute Gasteiger partial charge is 0.315 e. The van der Waals surface area contributed by atoms with Crippen molar-refractivity contribution >= 4 is 6.03 Å². The standard InChI is InChI=1S/C16H22FN5O3/c1-12-9-21(22(24)25)14(13-7-5-4-6-8-13)16(12,17)20-10-18(2)15(23)19(3)11-20/h4-8,12,14H,9-11H2,1-3H3/t12-,14-,16?/m0/s1. The number of halogens is 1. The first-order valence-corrected chi connectivity index (χ1v) is 8.13. The van der Waals surface area contributed by atoms with E-state index >= 15 is 4.39 Å². The van der Waals surface area contributed by atoms with Crippen molar-refractivity contribution in [2.45, 2.75) is 18.8 Å². The summed E-state index contributed by atoms with van der Waals surface area (Å²) in [5, 5.41) is 12.0. The first-order valence-electron chi connectivity index (χ1n) is 8.13. The van der Waals surface area contributed by atoms with Gasteiger partial charge in [-0.15, -0.1) is 5.01 Å². The maximum atomic E-state index is 16.4. The summed E-state index contributed by atoms with van der Waals surface area (Å²) >= 11 is 0. The van der Waals surface area contributed by atoms with Gasteiger partial charge < -0.3 is 9.80 Å². The second kappa shape index (κ2) is 6.14. The van der Waals surface area contributed by atoms with Crippen molar-refractivity contribution in [3.8, 4) is 0 Å². The minimum atomic E-state index is -1.97. The molecule has 25 heavy (non-hydrogen) atoms. The largest absolute Gasteiger partial charge is 0.321 e. The summed E-state index contributed by atoms with van der Waals surface area (Å²) in [5.74, 6) is -2.57. The molecule has 2 amide bonds. The van der Waals surface area contributed by atoms with Crippen LogP contribution >= 0.6 is 0 Å². The lowest BCUT2D eigenvalue weighted by atomic mass is 9.91. The molecule has 0 spiro atoms. The average Bonchev–Trinajstić information content (AvgIpc) is 2.86. The second-order valence-electron chi connectivity index (χ2n) is 6.80. The summed E-state index contributed by atoms with van der Waals surface area (Å²) in [6.07, 6.45) is 0. The Hall–Kier alpha value is -2.42. The van der Waals surface area contributed by atoms with Gasteiger partial charge in [0.2, 0.25) is 5.79 Å². The molecule has 0 N–H and O–H groups in total. The van der Waals surface area contributed by atoms with E-state index in [4.69, 9.17) is 0 Å². The summed E-state index contributed by atoms with van der Waals surface area (Å²) in [5.41, 5.74) is 0.549. The predicted molar refractivity (Wildman–Crippen MR) is 88.4 cm³/mol.